The molecule has 1 aliphatic carbocycles. The number of hydrogen-bond donors (Lipinski definition) is 0. The molecule has 1 aromatic heterocycles. The summed E-state index contributed by atoms with van der Waals surface area (Å²) in [5.41, 5.74) is 3.98. The van der Waals surface area contributed by atoms with E-state index >= 15 is 0 Å². The van der Waals surface area contributed by atoms with Gasteiger partial charge in [0, 0.05) is 16.5 Å². The van der Waals surface area contributed by atoms with Gasteiger partial charge in [0.2, 0.25) is 11.8 Å². The number of carbonyl (C=O) groups is 4. The minimum atomic E-state index is -0.641. The number of fused-ring (bicyclic) bond motifs is 2. The third-order valence-electron chi connectivity index (χ3n) is 8.52. The van der Waals surface area contributed by atoms with E-state index in [0.29, 0.717) is 45.1 Å². The van der Waals surface area contributed by atoms with Crippen molar-refractivity contribution in [1.29, 1.82) is 0 Å². The lowest BCUT2D eigenvalue weighted by Crippen LogP contribution is -2.30. The molecule has 0 spiro atoms. The van der Waals surface area contributed by atoms with Crippen LogP contribution in [0.5, 0.6) is 5.75 Å². The fourth-order valence-electron chi connectivity index (χ4n) is 6.17. The van der Waals surface area contributed by atoms with E-state index in [2.05, 4.69) is 6.92 Å². The maximum Gasteiger partial charge on any atom is 0.339 e. The van der Waals surface area contributed by atoms with E-state index in [0.717, 1.165) is 24.8 Å². The smallest absolute Gasteiger partial charge is 0.339 e. The lowest BCUT2D eigenvalue weighted by Gasteiger charge is -2.25. The van der Waals surface area contributed by atoms with Crippen LogP contribution in [0, 0.1) is 24.7 Å². The first-order valence-electron chi connectivity index (χ1n) is 14.5. The molecule has 4 aromatic rings. The number of imide groups is 1. The van der Waals surface area contributed by atoms with Gasteiger partial charge in [-0.2, -0.15) is 0 Å². The highest BCUT2D eigenvalue weighted by atomic mass is 16.5. The molecule has 218 valence electrons. The van der Waals surface area contributed by atoms with Crippen LogP contribution in [-0.4, -0.2) is 42.3 Å². The Labute approximate surface area is 249 Å². The number of ketones is 1. The van der Waals surface area contributed by atoms with Crippen molar-refractivity contribution in [2.75, 3.05) is 18.6 Å². The Morgan fingerprint density at radius 3 is 2.47 bits per heavy atom. The molecule has 8 heteroatoms. The molecular weight excluding hydrogens is 544 g/mol. The Morgan fingerprint density at radius 2 is 1.70 bits per heavy atom. The van der Waals surface area contributed by atoms with Crippen molar-refractivity contribution in [3.05, 3.63) is 89.5 Å². The van der Waals surface area contributed by atoms with Gasteiger partial charge in [0.1, 0.15) is 5.75 Å². The summed E-state index contributed by atoms with van der Waals surface area (Å²) in [4.78, 5) is 58.5. The summed E-state index contributed by atoms with van der Waals surface area (Å²) >= 11 is 0. The van der Waals surface area contributed by atoms with E-state index in [1.54, 1.807) is 54.6 Å². The van der Waals surface area contributed by atoms with Gasteiger partial charge in [0.05, 0.1) is 41.4 Å². The van der Waals surface area contributed by atoms with Gasteiger partial charge >= 0.3 is 5.97 Å². The second-order valence-electron chi connectivity index (χ2n) is 11.5. The molecule has 2 amide bonds. The van der Waals surface area contributed by atoms with Crippen molar-refractivity contribution >= 4 is 40.2 Å². The average Bonchev–Trinajstić information content (AvgIpc) is 3.27. The number of pyridine rings is 1. The number of rotatable bonds is 7. The van der Waals surface area contributed by atoms with Crippen LogP contribution in [0.15, 0.2) is 72.8 Å². The molecule has 2 heterocycles. The Balaban J connectivity index is 1.27. The fourth-order valence-corrected chi connectivity index (χ4v) is 6.17. The number of Topliss-reactive ketones (excluding diaryl/α,β-unsaturated/α-hetero) is 1. The molecule has 43 heavy (non-hydrogen) atoms. The van der Waals surface area contributed by atoms with E-state index in [9.17, 15) is 19.2 Å². The van der Waals surface area contributed by atoms with Gasteiger partial charge in [-0.05, 0) is 74.6 Å². The van der Waals surface area contributed by atoms with E-state index < -0.39 is 12.6 Å². The summed E-state index contributed by atoms with van der Waals surface area (Å²) in [7, 11) is 1.52. The molecule has 0 unspecified atom stereocenters. The van der Waals surface area contributed by atoms with Gasteiger partial charge in [-0.25, -0.2) is 9.78 Å². The number of aryl methyl sites for hydroxylation is 1. The Kier molecular flexibility index (Phi) is 7.52. The van der Waals surface area contributed by atoms with E-state index in [-0.39, 0.29) is 35.0 Å². The number of amides is 2. The number of carbonyl (C=O) groups excluding carboxylic acids is 4. The van der Waals surface area contributed by atoms with Crippen LogP contribution in [0.2, 0.25) is 0 Å². The van der Waals surface area contributed by atoms with Crippen molar-refractivity contribution in [2.24, 2.45) is 17.8 Å². The summed E-state index contributed by atoms with van der Waals surface area (Å²) in [6.45, 7) is 3.63. The number of aromatic nitrogens is 1. The summed E-state index contributed by atoms with van der Waals surface area (Å²) in [5.74, 6) is -0.748. The summed E-state index contributed by atoms with van der Waals surface area (Å²) in [5, 5.41) is 0.615. The first kappa shape index (κ1) is 28.3. The zero-order chi connectivity index (χ0) is 30.2. The Hall–Kier alpha value is -4.85. The average molecular weight is 577 g/mol. The normalized spacial score (nSPS) is 19.8. The molecule has 0 bridgehead atoms. The molecule has 1 saturated heterocycles. The predicted octanol–water partition coefficient (Wildman–Crippen LogP) is 6.18. The van der Waals surface area contributed by atoms with Gasteiger partial charge in [0.25, 0.3) is 0 Å². The van der Waals surface area contributed by atoms with Crippen LogP contribution in [-0.2, 0) is 14.3 Å². The van der Waals surface area contributed by atoms with Gasteiger partial charge in [-0.15, -0.1) is 0 Å². The quantitative estimate of drug-likeness (QED) is 0.147. The maximum atomic E-state index is 13.4. The minimum Gasteiger partial charge on any atom is -0.497 e. The topological polar surface area (TPSA) is 103 Å². The Morgan fingerprint density at radius 1 is 0.930 bits per heavy atom. The summed E-state index contributed by atoms with van der Waals surface area (Å²) in [6.07, 6.45) is 2.45. The molecule has 1 saturated carbocycles. The van der Waals surface area contributed by atoms with Crippen molar-refractivity contribution in [3.63, 3.8) is 0 Å². The van der Waals surface area contributed by atoms with Crippen LogP contribution >= 0.6 is 0 Å². The lowest BCUT2D eigenvalue weighted by atomic mass is 9.76. The van der Waals surface area contributed by atoms with Crippen molar-refractivity contribution in [1.82, 2.24) is 4.98 Å². The third-order valence-corrected chi connectivity index (χ3v) is 8.52. The second kappa shape index (κ2) is 11.4. The number of benzene rings is 3. The van der Waals surface area contributed by atoms with Crippen LogP contribution in [0.25, 0.3) is 22.2 Å². The van der Waals surface area contributed by atoms with E-state index in [1.807, 2.05) is 25.1 Å². The molecule has 0 radical (unpaired) electrons. The fraction of sp³-hybridized carbons (Fsp3) is 0.286. The SMILES string of the molecule is COc1cccc(C(=O)COC(=O)c2cc(-c3ccc(N4C(=O)[C@H]5CC[C@@H](C)C[C@@H]5C4=O)cc3)nc3ccc(C)cc23)c1. The highest BCUT2D eigenvalue weighted by Crippen LogP contribution is 2.42. The standard InChI is InChI=1S/C35H32N2O6/c1-20-7-13-26-28(16-20)34(40)37(33(26)39)24-11-9-22(10-12-24)31-18-29(27-15-21(2)8-14-30(27)36-31)35(41)43-19-32(38)23-5-4-6-25(17-23)42-3/h4-6,8-12,14-15,17-18,20,26,28H,7,13,16,19H2,1-3H3/t20-,26+,28+/m1/s1. The monoisotopic (exact) mass is 576 g/mol. The number of anilines is 1. The second-order valence-corrected chi connectivity index (χ2v) is 11.5. The highest BCUT2D eigenvalue weighted by Gasteiger charge is 2.49. The van der Waals surface area contributed by atoms with E-state index in [1.165, 1.54) is 12.0 Å². The van der Waals surface area contributed by atoms with Crippen molar-refractivity contribution in [2.45, 2.75) is 33.1 Å². The lowest BCUT2D eigenvalue weighted by molar-refractivity contribution is -0.122. The van der Waals surface area contributed by atoms with Crippen molar-refractivity contribution in [3.8, 4) is 17.0 Å². The molecule has 2 aliphatic rings. The number of esters is 1. The maximum absolute atomic E-state index is 13.4. The van der Waals surface area contributed by atoms with Crippen LogP contribution in [0.1, 0.15) is 52.5 Å². The van der Waals surface area contributed by atoms with Crippen LogP contribution in [0.4, 0.5) is 5.69 Å². The van der Waals surface area contributed by atoms with E-state index in [4.69, 9.17) is 14.5 Å². The first-order chi connectivity index (χ1) is 20.7. The highest BCUT2D eigenvalue weighted by molar-refractivity contribution is 6.22. The molecule has 0 N–H and O–H groups in total. The predicted molar refractivity (Wildman–Crippen MR) is 162 cm³/mol. The van der Waals surface area contributed by atoms with Gasteiger partial charge < -0.3 is 9.47 Å². The van der Waals surface area contributed by atoms with Crippen molar-refractivity contribution < 1.29 is 28.7 Å². The van der Waals surface area contributed by atoms with Gasteiger partial charge in [-0.1, -0.05) is 42.8 Å². The zero-order valence-corrected chi connectivity index (χ0v) is 24.3. The molecule has 3 aromatic carbocycles. The van der Waals surface area contributed by atoms with Gasteiger partial charge in [0.15, 0.2) is 12.4 Å². The largest absolute Gasteiger partial charge is 0.497 e. The summed E-state index contributed by atoms with van der Waals surface area (Å²) < 4.78 is 10.7. The molecule has 1 aliphatic heterocycles. The number of methoxy groups -OCH3 is 1. The number of nitrogens with zero attached hydrogens (tertiary/aromatic N) is 2. The molecular formula is C35H32N2O6. The molecule has 3 atom stereocenters. The third kappa shape index (κ3) is 5.41. The summed E-state index contributed by atoms with van der Waals surface area (Å²) in [6, 6.07) is 21.0. The molecule has 8 nitrogen and oxygen atoms in total. The first-order valence-corrected chi connectivity index (χ1v) is 14.5. The Bertz CT molecular complexity index is 1760. The molecule has 6 rings (SSSR count). The molecule has 2 fully saturated rings. The van der Waals surface area contributed by atoms with Crippen LogP contribution in [0.3, 0.4) is 0 Å². The van der Waals surface area contributed by atoms with Gasteiger partial charge in [-0.3, -0.25) is 19.3 Å². The zero-order valence-electron chi connectivity index (χ0n) is 24.3. The number of ether oxygens (including phenoxy) is 2. The minimum absolute atomic E-state index is 0.123. The number of hydrogen-bond acceptors (Lipinski definition) is 7. The van der Waals surface area contributed by atoms with Crippen LogP contribution < -0.4 is 9.64 Å².